The minimum absolute atomic E-state index is 0.00197. The first-order chi connectivity index (χ1) is 13.6. The third kappa shape index (κ3) is 3.82. The fourth-order valence-electron chi connectivity index (χ4n) is 3.88. The SMILES string of the molecule is O=C(c1ccco1)N1CCN(C(=O)C2CCCN2C(=O)Cc2cccs2)CC1. The minimum atomic E-state index is -0.375. The van der Waals surface area contributed by atoms with Gasteiger partial charge in [0.1, 0.15) is 6.04 Å². The average Bonchev–Trinajstić information content (AvgIpc) is 3.49. The van der Waals surface area contributed by atoms with Crippen molar-refractivity contribution in [3.63, 3.8) is 0 Å². The van der Waals surface area contributed by atoms with E-state index in [9.17, 15) is 14.4 Å². The van der Waals surface area contributed by atoms with Gasteiger partial charge in [-0.1, -0.05) is 6.07 Å². The van der Waals surface area contributed by atoms with E-state index in [-0.39, 0.29) is 23.8 Å². The van der Waals surface area contributed by atoms with Crippen molar-refractivity contribution in [3.05, 3.63) is 46.5 Å². The highest BCUT2D eigenvalue weighted by Crippen LogP contribution is 2.22. The van der Waals surface area contributed by atoms with Gasteiger partial charge in [-0.05, 0) is 36.4 Å². The Morgan fingerprint density at radius 1 is 1.04 bits per heavy atom. The van der Waals surface area contributed by atoms with Gasteiger partial charge in [0.25, 0.3) is 5.91 Å². The van der Waals surface area contributed by atoms with Crippen molar-refractivity contribution in [1.29, 1.82) is 0 Å². The molecule has 2 saturated heterocycles. The fraction of sp³-hybridized carbons (Fsp3) is 0.450. The van der Waals surface area contributed by atoms with Crippen LogP contribution in [0.15, 0.2) is 40.3 Å². The zero-order chi connectivity index (χ0) is 19.5. The van der Waals surface area contributed by atoms with Gasteiger partial charge in [-0.3, -0.25) is 14.4 Å². The first-order valence-electron chi connectivity index (χ1n) is 9.57. The monoisotopic (exact) mass is 401 g/mol. The van der Waals surface area contributed by atoms with E-state index in [4.69, 9.17) is 4.42 Å². The molecule has 2 fully saturated rings. The van der Waals surface area contributed by atoms with Crippen LogP contribution in [-0.4, -0.2) is 71.2 Å². The number of carbonyl (C=O) groups is 3. The number of hydrogen-bond donors (Lipinski definition) is 0. The summed E-state index contributed by atoms with van der Waals surface area (Å²) in [6.07, 6.45) is 3.39. The van der Waals surface area contributed by atoms with Gasteiger partial charge in [-0.15, -0.1) is 11.3 Å². The molecule has 3 amide bonds. The van der Waals surface area contributed by atoms with Crippen molar-refractivity contribution < 1.29 is 18.8 Å². The van der Waals surface area contributed by atoms with Crippen molar-refractivity contribution in [3.8, 4) is 0 Å². The maximum absolute atomic E-state index is 13.0. The number of rotatable bonds is 4. The summed E-state index contributed by atoms with van der Waals surface area (Å²) in [7, 11) is 0. The van der Waals surface area contributed by atoms with Gasteiger partial charge in [-0.2, -0.15) is 0 Å². The van der Waals surface area contributed by atoms with Crippen molar-refractivity contribution in [2.24, 2.45) is 0 Å². The summed E-state index contributed by atoms with van der Waals surface area (Å²) in [6, 6.07) is 6.85. The lowest BCUT2D eigenvalue weighted by Gasteiger charge is -2.37. The van der Waals surface area contributed by atoms with Crippen LogP contribution >= 0.6 is 11.3 Å². The predicted octanol–water partition coefficient (Wildman–Crippen LogP) is 1.86. The third-order valence-corrected chi connectivity index (χ3v) is 6.25. The summed E-state index contributed by atoms with van der Waals surface area (Å²) in [6.45, 7) is 2.54. The van der Waals surface area contributed by atoms with E-state index in [1.807, 2.05) is 17.5 Å². The van der Waals surface area contributed by atoms with E-state index in [1.54, 1.807) is 38.2 Å². The van der Waals surface area contributed by atoms with Crippen LogP contribution in [0.3, 0.4) is 0 Å². The molecule has 0 aliphatic carbocycles. The molecule has 2 aromatic rings. The van der Waals surface area contributed by atoms with Crippen LogP contribution in [0.2, 0.25) is 0 Å². The number of amides is 3. The smallest absolute Gasteiger partial charge is 0.289 e. The molecule has 1 atom stereocenters. The van der Waals surface area contributed by atoms with Crippen molar-refractivity contribution in [2.45, 2.75) is 25.3 Å². The summed E-state index contributed by atoms with van der Waals surface area (Å²) in [5.41, 5.74) is 0. The molecule has 2 aromatic heterocycles. The molecule has 4 heterocycles. The molecule has 0 N–H and O–H groups in total. The van der Waals surface area contributed by atoms with Gasteiger partial charge in [0.15, 0.2) is 5.76 Å². The van der Waals surface area contributed by atoms with Crippen molar-refractivity contribution in [1.82, 2.24) is 14.7 Å². The number of thiophene rings is 1. The molecule has 2 aliphatic rings. The Morgan fingerprint density at radius 3 is 2.50 bits per heavy atom. The van der Waals surface area contributed by atoms with E-state index in [0.717, 1.165) is 11.3 Å². The molecule has 0 saturated carbocycles. The molecule has 2 aliphatic heterocycles. The number of carbonyl (C=O) groups excluding carboxylic acids is 3. The summed E-state index contributed by atoms with van der Waals surface area (Å²) < 4.78 is 5.17. The lowest BCUT2D eigenvalue weighted by atomic mass is 10.1. The molecule has 0 aromatic carbocycles. The van der Waals surface area contributed by atoms with Crippen LogP contribution < -0.4 is 0 Å². The van der Waals surface area contributed by atoms with Gasteiger partial charge < -0.3 is 19.1 Å². The second-order valence-corrected chi connectivity index (χ2v) is 8.13. The highest BCUT2D eigenvalue weighted by molar-refractivity contribution is 7.10. The normalized spacial score (nSPS) is 19.9. The molecule has 1 unspecified atom stereocenters. The van der Waals surface area contributed by atoms with Gasteiger partial charge in [0.2, 0.25) is 11.8 Å². The van der Waals surface area contributed by atoms with Crippen molar-refractivity contribution in [2.75, 3.05) is 32.7 Å². The zero-order valence-corrected chi connectivity index (χ0v) is 16.4. The first kappa shape index (κ1) is 18.7. The molecule has 7 nitrogen and oxygen atoms in total. The number of likely N-dealkylation sites (tertiary alicyclic amines) is 1. The molecule has 28 heavy (non-hydrogen) atoms. The van der Waals surface area contributed by atoms with Gasteiger partial charge in [0, 0.05) is 37.6 Å². The predicted molar refractivity (Wildman–Crippen MR) is 104 cm³/mol. The molecule has 0 bridgehead atoms. The van der Waals surface area contributed by atoms with Crippen LogP contribution in [0.25, 0.3) is 0 Å². The molecular weight excluding hydrogens is 378 g/mol. The molecule has 148 valence electrons. The standard InChI is InChI=1S/C20H23N3O4S/c24-18(14-15-4-3-13-28-15)23-7-1-5-16(23)19(25)21-8-10-22(11-9-21)20(26)17-6-2-12-27-17/h2-4,6,12-13,16H,1,5,7-11,14H2. The molecular formula is C20H23N3O4S. The molecule has 0 radical (unpaired) electrons. The average molecular weight is 401 g/mol. The Labute approximate surface area is 167 Å². The second kappa shape index (κ2) is 8.18. The summed E-state index contributed by atoms with van der Waals surface area (Å²) >= 11 is 1.56. The first-order valence-corrected chi connectivity index (χ1v) is 10.4. The number of hydrogen-bond acceptors (Lipinski definition) is 5. The second-order valence-electron chi connectivity index (χ2n) is 7.10. The lowest BCUT2D eigenvalue weighted by molar-refractivity contribution is -0.144. The minimum Gasteiger partial charge on any atom is -0.459 e. The van der Waals surface area contributed by atoms with Crippen LogP contribution in [-0.2, 0) is 16.0 Å². The highest BCUT2D eigenvalue weighted by atomic mass is 32.1. The van der Waals surface area contributed by atoms with E-state index in [2.05, 4.69) is 0 Å². The third-order valence-electron chi connectivity index (χ3n) is 5.37. The maximum Gasteiger partial charge on any atom is 0.289 e. The lowest BCUT2D eigenvalue weighted by Crippen LogP contribution is -2.55. The van der Waals surface area contributed by atoms with E-state index in [1.165, 1.54) is 6.26 Å². The Bertz CT molecular complexity index is 826. The Kier molecular flexibility index (Phi) is 5.47. The van der Waals surface area contributed by atoms with Gasteiger partial charge in [0.05, 0.1) is 12.7 Å². The van der Waals surface area contributed by atoms with Crippen LogP contribution in [0.5, 0.6) is 0 Å². The van der Waals surface area contributed by atoms with E-state index < -0.39 is 0 Å². The Balaban J connectivity index is 1.34. The quantitative estimate of drug-likeness (QED) is 0.784. The van der Waals surface area contributed by atoms with E-state index >= 15 is 0 Å². The van der Waals surface area contributed by atoms with Crippen molar-refractivity contribution >= 4 is 29.1 Å². The molecule has 0 spiro atoms. The van der Waals surface area contributed by atoms with E-state index in [0.29, 0.717) is 51.3 Å². The Morgan fingerprint density at radius 2 is 1.82 bits per heavy atom. The number of furan rings is 1. The highest BCUT2D eigenvalue weighted by Gasteiger charge is 2.37. The van der Waals surface area contributed by atoms with Gasteiger partial charge in [-0.25, -0.2) is 0 Å². The topological polar surface area (TPSA) is 74.1 Å². The zero-order valence-electron chi connectivity index (χ0n) is 15.6. The summed E-state index contributed by atoms with van der Waals surface area (Å²) in [5, 5.41) is 1.96. The van der Waals surface area contributed by atoms with Crippen LogP contribution in [0, 0.1) is 0 Å². The van der Waals surface area contributed by atoms with Crippen LogP contribution in [0.4, 0.5) is 0 Å². The molecule has 4 rings (SSSR count). The summed E-state index contributed by atoms with van der Waals surface area (Å²) in [4.78, 5) is 44.3. The molecule has 8 heteroatoms. The fourth-order valence-corrected chi connectivity index (χ4v) is 4.58. The number of nitrogens with zero attached hydrogens (tertiary/aromatic N) is 3. The largest absolute Gasteiger partial charge is 0.459 e. The van der Waals surface area contributed by atoms with Crippen LogP contribution in [0.1, 0.15) is 28.3 Å². The van der Waals surface area contributed by atoms with Gasteiger partial charge >= 0.3 is 0 Å². The Hall–Kier alpha value is -2.61. The maximum atomic E-state index is 13.0. The summed E-state index contributed by atoms with van der Waals surface area (Å²) in [5.74, 6) is 0.193. The number of piperazine rings is 1.